The highest BCUT2D eigenvalue weighted by atomic mass is 16.5. The minimum atomic E-state index is 0.284. The monoisotopic (exact) mass is 168 g/mol. The normalized spacial score (nSPS) is 23.2. The second kappa shape index (κ2) is 5.36. The van der Waals surface area contributed by atoms with Crippen LogP contribution in [0.25, 0.3) is 0 Å². The molecule has 1 fully saturated rings. The van der Waals surface area contributed by atoms with E-state index in [1.165, 1.54) is 32.1 Å². The van der Waals surface area contributed by atoms with Crippen LogP contribution in [0.3, 0.4) is 0 Å². The summed E-state index contributed by atoms with van der Waals surface area (Å²) in [6.45, 7) is 2.08. The van der Waals surface area contributed by atoms with Crippen LogP contribution < -0.4 is 0 Å². The number of methoxy groups -OCH3 is 1. The zero-order chi connectivity index (χ0) is 8.81. The summed E-state index contributed by atoms with van der Waals surface area (Å²) in [6, 6.07) is 0. The van der Waals surface area contributed by atoms with Gasteiger partial charge in [-0.05, 0) is 25.7 Å². The number of hydrogen-bond donors (Lipinski definition) is 0. The fourth-order valence-corrected chi connectivity index (χ4v) is 1.72. The van der Waals surface area contributed by atoms with Gasteiger partial charge in [0.25, 0.3) is 0 Å². The molecule has 0 saturated heterocycles. The number of ether oxygens (including phenoxy) is 1. The Morgan fingerprint density at radius 1 is 1.25 bits per heavy atom. The third kappa shape index (κ3) is 3.40. The van der Waals surface area contributed by atoms with Crippen molar-refractivity contribution in [3.8, 4) is 0 Å². The third-order valence-corrected chi connectivity index (χ3v) is 2.68. The van der Waals surface area contributed by atoms with Gasteiger partial charge in [0.2, 0.25) is 0 Å². The Morgan fingerprint density at radius 2 is 1.92 bits per heavy atom. The van der Waals surface area contributed by atoms with Crippen LogP contribution in [0.1, 0.15) is 39.0 Å². The van der Waals surface area contributed by atoms with Crippen LogP contribution in [0.2, 0.25) is 0 Å². The van der Waals surface area contributed by atoms with Gasteiger partial charge in [0.1, 0.15) is 0 Å². The van der Waals surface area contributed by atoms with Gasteiger partial charge in [0.15, 0.2) is 0 Å². The second-order valence-corrected chi connectivity index (χ2v) is 3.72. The molecule has 0 amide bonds. The molecule has 1 unspecified atom stereocenters. The number of hydrogen-bond acceptors (Lipinski definition) is 1. The predicted molar refractivity (Wildman–Crippen MR) is 52.2 cm³/mol. The van der Waals surface area contributed by atoms with Gasteiger partial charge in [-0.1, -0.05) is 31.4 Å². The van der Waals surface area contributed by atoms with E-state index in [0.717, 1.165) is 5.92 Å². The molecule has 1 heteroatoms. The molecule has 0 aromatic rings. The van der Waals surface area contributed by atoms with Crippen LogP contribution in [0.4, 0.5) is 0 Å². The number of allylic oxidation sites excluding steroid dienone is 1. The molecule has 1 nitrogen and oxygen atoms in total. The van der Waals surface area contributed by atoms with Crippen molar-refractivity contribution in [3.05, 3.63) is 12.2 Å². The maximum Gasteiger partial charge on any atom is 0.0723 e. The first kappa shape index (κ1) is 9.79. The van der Waals surface area contributed by atoms with Crippen molar-refractivity contribution in [1.82, 2.24) is 0 Å². The summed E-state index contributed by atoms with van der Waals surface area (Å²) in [6.07, 6.45) is 11.8. The Hall–Kier alpha value is -0.300. The van der Waals surface area contributed by atoms with Gasteiger partial charge in [0.05, 0.1) is 6.10 Å². The highest BCUT2D eigenvalue weighted by Gasteiger charge is 2.09. The van der Waals surface area contributed by atoms with Gasteiger partial charge in [0, 0.05) is 7.11 Å². The lowest BCUT2D eigenvalue weighted by atomic mass is 9.89. The average Bonchev–Trinajstić information content (AvgIpc) is 2.16. The van der Waals surface area contributed by atoms with Crippen molar-refractivity contribution < 1.29 is 4.74 Å². The summed E-state index contributed by atoms with van der Waals surface area (Å²) in [4.78, 5) is 0. The van der Waals surface area contributed by atoms with Crippen molar-refractivity contribution >= 4 is 0 Å². The maximum absolute atomic E-state index is 5.15. The van der Waals surface area contributed by atoms with E-state index in [4.69, 9.17) is 4.74 Å². The molecule has 70 valence electrons. The standard InChI is InChI=1S/C11H20O/c1-10(12-2)8-9-11-6-4-3-5-7-11/h8-11H,3-7H2,1-2H3. The summed E-state index contributed by atoms with van der Waals surface area (Å²) >= 11 is 0. The van der Waals surface area contributed by atoms with E-state index in [-0.39, 0.29) is 6.10 Å². The molecule has 0 N–H and O–H groups in total. The van der Waals surface area contributed by atoms with Crippen LogP contribution in [-0.2, 0) is 4.74 Å². The zero-order valence-electron chi connectivity index (χ0n) is 8.25. The fraction of sp³-hybridized carbons (Fsp3) is 0.818. The molecular formula is C11H20O. The van der Waals surface area contributed by atoms with Gasteiger partial charge in [-0.25, -0.2) is 0 Å². The molecule has 0 heterocycles. The topological polar surface area (TPSA) is 9.23 Å². The first-order valence-electron chi connectivity index (χ1n) is 5.04. The van der Waals surface area contributed by atoms with Gasteiger partial charge < -0.3 is 4.74 Å². The van der Waals surface area contributed by atoms with Crippen LogP contribution in [0.5, 0.6) is 0 Å². The lowest BCUT2D eigenvalue weighted by Crippen LogP contribution is -2.05. The van der Waals surface area contributed by atoms with Crippen LogP contribution in [0, 0.1) is 5.92 Å². The molecule has 1 aliphatic carbocycles. The Morgan fingerprint density at radius 3 is 2.50 bits per heavy atom. The van der Waals surface area contributed by atoms with Gasteiger partial charge >= 0.3 is 0 Å². The van der Waals surface area contributed by atoms with Crippen molar-refractivity contribution in [2.75, 3.05) is 7.11 Å². The maximum atomic E-state index is 5.15. The summed E-state index contributed by atoms with van der Waals surface area (Å²) in [5.74, 6) is 0.830. The molecule has 1 aliphatic rings. The van der Waals surface area contributed by atoms with E-state index < -0.39 is 0 Å². The largest absolute Gasteiger partial charge is 0.378 e. The van der Waals surface area contributed by atoms with E-state index >= 15 is 0 Å². The molecule has 0 aromatic heterocycles. The lowest BCUT2D eigenvalue weighted by molar-refractivity contribution is 0.155. The highest BCUT2D eigenvalue weighted by molar-refractivity contribution is 4.93. The van der Waals surface area contributed by atoms with Crippen molar-refractivity contribution in [3.63, 3.8) is 0 Å². The Labute approximate surface area is 75.8 Å². The molecule has 1 saturated carbocycles. The van der Waals surface area contributed by atoms with E-state index in [1.807, 2.05) is 0 Å². The average molecular weight is 168 g/mol. The molecule has 0 radical (unpaired) electrons. The van der Waals surface area contributed by atoms with Crippen molar-refractivity contribution in [2.45, 2.75) is 45.1 Å². The molecule has 0 spiro atoms. The SMILES string of the molecule is COC(C)C=CC1CCCCC1. The van der Waals surface area contributed by atoms with E-state index in [2.05, 4.69) is 19.1 Å². The molecule has 0 aromatic carbocycles. The van der Waals surface area contributed by atoms with Gasteiger partial charge in [-0.3, -0.25) is 0 Å². The van der Waals surface area contributed by atoms with Crippen molar-refractivity contribution in [2.24, 2.45) is 5.92 Å². The first-order chi connectivity index (χ1) is 5.83. The molecule has 1 atom stereocenters. The minimum Gasteiger partial charge on any atom is -0.378 e. The van der Waals surface area contributed by atoms with Crippen LogP contribution >= 0.6 is 0 Å². The number of rotatable bonds is 3. The molecule has 0 bridgehead atoms. The summed E-state index contributed by atoms with van der Waals surface area (Å²) in [5.41, 5.74) is 0. The first-order valence-corrected chi connectivity index (χ1v) is 5.04. The third-order valence-electron chi connectivity index (χ3n) is 2.68. The Kier molecular flexibility index (Phi) is 4.37. The quantitative estimate of drug-likeness (QED) is 0.588. The molecular weight excluding hydrogens is 148 g/mol. The fourth-order valence-electron chi connectivity index (χ4n) is 1.72. The predicted octanol–water partition coefficient (Wildman–Crippen LogP) is 3.16. The van der Waals surface area contributed by atoms with E-state index in [0.29, 0.717) is 0 Å². The summed E-state index contributed by atoms with van der Waals surface area (Å²) in [5, 5.41) is 0. The Balaban J connectivity index is 2.23. The lowest BCUT2D eigenvalue weighted by Gasteiger charge is -2.18. The Bertz CT molecular complexity index is 134. The van der Waals surface area contributed by atoms with E-state index in [9.17, 15) is 0 Å². The highest BCUT2D eigenvalue weighted by Crippen LogP contribution is 2.24. The zero-order valence-corrected chi connectivity index (χ0v) is 8.25. The minimum absolute atomic E-state index is 0.284. The van der Waals surface area contributed by atoms with Gasteiger partial charge in [-0.2, -0.15) is 0 Å². The molecule has 0 aliphatic heterocycles. The molecule has 1 rings (SSSR count). The van der Waals surface area contributed by atoms with Crippen LogP contribution in [0.15, 0.2) is 12.2 Å². The second-order valence-electron chi connectivity index (χ2n) is 3.72. The van der Waals surface area contributed by atoms with Crippen molar-refractivity contribution in [1.29, 1.82) is 0 Å². The van der Waals surface area contributed by atoms with Gasteiger partial charge in [-0.15, -0.1) is 0 Å². The van der Waals surface area contributed by atoms with Crippen LogP contribution in [-0.4, -0.2) is 13.2 Å². The summed E-state index contributed by atoms with van der Waals surface area (Å²) < 4.78 is 5.15. The molecule has 12 heavy (non-hydrogen) atoms. The smallest absolute Gasteiger partial charge is 0.0723 e. The summed E-state index contributed by atoms with van der Waals surface area (Å²) in [7, 11) is 1.76. The van der Waals surface area contributed by atoms with E-state index in [1.54, 1.807) is 7.11 Å².